The van der Waals surface area contributed by atoms with Gasteiger partial charge in [-0.25, -0.2) is 0 Å². The highest BCUT2D eigenvalue weighted by atomic mass is 35.5. The van der Waals surface area contributed by atoms with E-state index < -0.39 is 0 Å². The van der Waals surface area contributed by atoms with E-state index in [-0.39, 0.29) is 0 Å². The van der Waals surface area contributed by atoms with Crippen LogP contribution in [0, 0.1) is 0 Å². The van der Waals surface area contributed by atoms with Gasteiger partial charge in [-0.2, -0.15) is 0 Å². The van der Waals surface area contributed by atoms with Crippen LogP contribution < -0.4 is 5.32 Å². The number of halogens is 2. The van der Waals surface area contributed by atoms with Gasteiger partial charge in [0.15, 0.2) is 0 Å². The lowest BCUT2D eigenvalue weighted by atomic mass is 10.1. The van der Waals surface area contributed by atoms with Crippen molar-refractivity contribution in [2.45, 2.75) is 51.6 Å². The Labute approximate surface area is 138 Å². The number of likely N-dealkylation sites (tertiary alicyclic amines) is 1. The van der Waals surface area contributed by atoms with Gasteiger partial charge in [0.05, 0.1) is 0 Å². The molecule has 118 valence electrons. The summed E-state index contributed by atoms with van der Waals surface area (Å²) >= 11 is 12.1. The van der Waals surface area contributed by atoms with Crippen LogP contribution in [0.4, 0.5) is 0 Å². The second kappa shape index (κ2) is 8.38. The van der Waals surface area contributed by atoms with E-state index >= 15 is 0 Å². The normalized spacial score (nSPS) is 20.7. The van der Waals surface area contributed by atoms with Crippen molar-refractivity contribution in [3.63, 3.8) is 0 Å². The van der Waals surface area contributed by atoms with Crippen LogP contribution in [0.5, 0.6) is 0 Å². The zero-order valence-corrected chi connectivity index (χ0v) is 14.6. The third-order valence-corrected chi connectivity index (χ3v) is 4.92. The molecule has 0 amide bonds. The van der Waals surface area contributed by atoms with E-state index in [1.54, 1.807) is 0 Å². The first-order valence-electron chi connectivity index (χ1n) is 7.97. The van der Waals surface area contributed by atoms with Crippen molar-refractivity contribution in [2.75, 3.05) is 19.6 Å². The Morgan fingerprint density at radius 1 is 1.24 bits per heavy atom. The molecule has 1 atom stereocenters. The van der Waals surface area contributed by atoms with Crippen LogP contribution in [0.3, 0.4) is 0 Å². The number of nitrogens with zero attached hydrogens (tertiary/aromatic N) is 1. The molecule has 21 heavy (non-hydrogen) atoms. The minimum atomic E-state index is 0.639. The minimum absolute atomic E-state index is 0.639. The van der Waals surface area contributed by atoms with Crippen LogP contribution in [-0.4, -0.2) is 36.6 Å². The average molecular weight is 329 g/mol. The Balaban J connectivity index is 1.75. The first-order valence-corrected chi connectivity index (χ1v) is 8.73. The molecule has 0 spiro atoms. The lowest BCUT2D eigenvalue weighted by Gasteiger charge is -2.24. The SMILES string of the molecule is CC(C)N1CCCC(NCCc2ccc(Cl)cc2Cl)CC1. The highest BCUT2D eigenvalue weighted by Gasteiger charge is 2.18. The lowest BCUT2D eigenvalue weighted by Crippen LogP contribution is -2.34. The van der Waals surface area contributed by atoms with Gasteiger partial charge in [0.25, 0.3) is 0 Å². The summed E-state index contributed by atoms with van der Waals surface area (Å²) in [7, 11) is 0. The van der Waals surface area contributed by atoms with Gasteiger partial charge in [0, 0.05) is 22.1 Å². The van der Waals surface area contributed by atoms with Crippen LogP contribution in [0.25, 0.3) is 0 Å². The maximum absolute atomic E-state index is 6.21. The summed E-state index contributed by atoms with van der Waals surface area (Å²) in [6.07, 6.45) is 4.77. The molecular weight excluding hydrogens is 303 g/mol. The smallest absolute Gasteiger partial charge is 0.0453 e. The molecule has 0 aromatic heterocycles. The van der Waals surface area contributed by atoms with Crippen molar-refractivity contribution in [1.29, 1.82) is 0 Å². The lowest BCUT2D eigenvalue weighted by molar-refractivity contribution is 0.229. The van der Waals surface area contributed by atoms with Crippen molar-refractivity contribution in [3.05, 3.63) is 33.8 Å². The molecule has 1 aromatic rings. The topological polar surface area (TPSA) is 15.3 Å². The summed E-state index contributed by atoms with van der Waals surface area (Å²) in [6, 6.07) is 7.07. The van der Waals surface area contributed by atoms with Gasteiger partial charge in [-0.15, -0.1) is 0 Å². The maximum Gasteiger partial charge on any atom is 0.0453 e. The van der Waals surface area contributed by atoms with Crippen molar-refractivity contribution in [3.8, 4) is 0 Å². The highest BCUT2D eigenvalue weighted by Crippen LogP contribution is 2.21. The Bertz CT molecular complexity index is 448. The molecular formula is C17H26Cl2N2. The summed E-state index contributed by atoms with van der Waals surface area (Å²) in [6.45, 7) is 8.00. The van der Waals surface area contributed by atoms with Crippen molar-refractivity contribution in [2.24, 2.45) is 0 Å². The van der Waals surface area contributed by atoms with E-state index in [9.17, 15) is 0 Å². The number of rotatable bonds is 5. The Morgan fingerprint density at radius 3 is 2.76 bits per heavy atom. The van der Waals surface area contributed by atoms with Gasteiger partial charge in [-0.1, -0.05) is 29.3 Å². The van der Waals surface area contributed by atoms with E-state index in [0.29, 0.717) is 17.1 Å². The Kier molecular flexibility index (Phi) is 6.81. The third-order valence-electron chi connectivity index (χ3n) is 4.34. The molecule has 2 nitrogen and oxygen atoms in total. The van der Waals surface area contributed by atoms with Crippen molar-refractivity contribution in [1.82, 2.24) is 10.2 Å². The number of hydrogen-bond acceptors (Lipinski definition) is 2. The van der Waals surface area contributed by atoms with Crippen LogP contribution >= 0.6 is 23.2 Å². The summed E-state index contributed by atoms with van der Waals surface area (Å²) < 4.78 is 0. The average Bonchev–Trinajstić information content (AvgIpc) is 2.67. The maximum atomic E-state index is 6.21. The molecule has 1 unspecified atom stereocenters. The predicted octanol–water partition coefficient (Wildman–Crippen LogP) is 4.39. The fraction of sp³-hybridized carbons (Fsp3) is 0.647. The van der Waals surface area contributed by atoms with Crippen LogP contribution in [0.15, 0.2) is 18.2 Å². The number of benzene rings is 1. The summed E-state index contributed by atoms with van der Waals surface area (Å²) in [4.78, 5) is 2.58. The second-order valence-electron chi connectivity index (χ2n) is 6.20. The fourth-order valence-corrected chi connectivity index (χ4v) is 3.48. The largest absolute Gasteiger partial charge is 0.314 e. The zero-order chi connectivity index (χ0) is 15.2. The molecule has 1 heterocycles. The van der Waals surface area contributed by atoms with Crippen LogP contribution in [0.2, 0.25) is 10.0 Å². The van der Waals surface area contributed by atoms with E-state index in [1.807, 2.05) is 18.2 Å². The minimum Gasteiger partial charge on any atom is -0.314 e. The predicted molar refractivity (Wildman–Crippen MR) is 92.5 cm³/mol. The van der Waals surface area contributed by atoms with Gasteiger partial charge in [-0.05, 0) is 76.9 Å². The monoisotopic (exact) mass is 328 g/mol. The molecule has 0 radical (unpaired) electrons. The van der Waals surface area contributed by atoms with Gasteiger partial charge in [0.1, 0.15) is 0 Å². The second-order valence-corrected chi connectivity index (χ2v) is 7.04. The summed E-state index contributed by atoms with van der Waals surface area (Å²) in [5.74, 6) is 0. The van der Waals surface area contributed by atoms with Gasteiger partial charge in [0.2, 0.25) is 0 Å². The molecule has 1 aliphatic heterocycles. The molecule has 1 aromatic carbocycles. The Hall–Kier alpha value is -0.280. The van der Waals surface area contributed by atoms with E-state index in [1.165, 1.54) is 37.9 Å². The highest BCUT2D eigenvalue weighted by molar-refractivity contribution is 6.35. The molecule has 1 aliphatic rings. The molecule has 2 rings (SSSR count). The van der Waals surface area contributed by atoms with E-state index in [2.05, 4.69) is 24.1 Å². The molecule has 1 N–H and O–H groups in total. The summed E-state index contributed by atoms with van der Waals surface area (Å²) in [5.41, 5.74) is 1.17. The zero-order valence-electron chi connectivity index (χ0n) is 13.0. The van der Waals surface area contributed by atoms with Crippen molar-refractivity contribution >= 4 is 23.2 Å². The quantitative estimate of drug-likeness (QED) is 0.862. The van der Waals surface area contributed by atoms with E-state index in [4.69, 9.17) is 23.2 Å². The van der Waals surface area contributed by atoms with Gasteiger partial charge in [-0.3, -0.25) is 0 Å². The molecule has 4 heteroatoms. The number of hydrogen-bond donors (Lipinski definition) is 1. The molecule has 0 aliphatic carbocycles. The third kappa shape index (κ3) is 5.45. The van der Waals surface area contributed by atoms with Crippen LogP contribution in [-0.2, 0) is 6.42 Å². The molecule has 0 bridgehead atoms. The van der Waals surface area contributed by atoms with E-state index in [0.717, 1.165) is 18.0 Å². The molecule has 0 saturated carbocycles. The standard InChI is InChI=1S/C17H26Cl2N2/c1-13(2)21-10-3-4-16(8-11-21)20-9-7-14-5-6-15(18)12-17(14)19/h5-6,12-13,16,20H,3-4,7-11H2,1-2H3. The van der Waals surface area contributed by atoms with Crippen LogP contribution in [0.1, 0.15) is 38.7 Å². The first kappa shape index (κ1) is 17.1. The Morgan fingerprint density at radius 2 is 2.05 bits per heavy atom. The fourth-order valence-electron chi connectivity index (χ4n) is 2.97. The van der Waals surface area contributed by atoms with Gasteiger partial charge < -0.3 is 10.2 Å². The molecule has 1 saturated heterocycles. The number of nitrogens with one attached hydrogen (secondary N) is 1. The first-order chi connectivity index (χ1) is 10.1. The summed E-state index contributed by atoms with van der Waals surface area (Å²) in [5, 5.41) is 5.17. The van der Waals surface area contributed by atoms with Crippen molar-refractivity contribution < 1.29 is 0 Å². The van der Waals surface area contributed by atoms with Gasteiger partial charge >= 0.3 is 0 Å². The molecule has 1 fully saturated rings.